The van der Waals surface area contributed by atoms with Gasteiger partial charge in [0.1, 0.15) is 6.29 Å². The summed E-state index contributed by atoms with van der Waals surface area (Å²) < 4.78 is 0. The lowest BCUT2D eigenvalue weighted by atomic mass is 9.87. The van der Waals surface area contributed by atoms with Crippen LogP contribution in [0.4, 0.5) is 5.13 Å². The number of nitrogens with one attached hydrogen (secondary N) is 1. The maximum Gasteiger partial charge on any atom is 0.182 e. The van der Waals surface area contributed by atoms with Crippen molar-refractivity contribution in [2.75, 3.05) is 12.4 Å². The number of carbonyl (C=O) groups is 1. The van der Waals surface area contributed by atoms with Gasteiger partial charge in [0.05, 0.1) is 21.3 Å². The van der Waals surface area contributed by atoms with Crippen LogP contribution in [0, 0.1) is 19.8 Å². The summed E-state index contributed by atoms with van der Waals surface area (Å²) in [6, 6.07) is 0. The van der Waals surface area contributed by atoms with Gasteiger partial charge in [-0.15, -0.1) is 22.7 Å². The molecule has 1 N–H and O–H groups in total. The Morgan fingerprint density at radius 1 is 1.35 bits per heavy atom. The Kier molecular flexibility index (Phi) is 5.25. The van der Waals surface area contributed by atoms with Gasteiger partial charge in [-0.25, -0.2) is 9.97 Å². The molecule has 0 bridgehead atoms. The van der Waals surface area contributed by atoms with E-state index in [1.165, 1.54) is 11.3 Å². The standard InChI is InChI=1S/C9H11N3S2.C5H8O/c1-5-8(14-6(2)11-5)7-4-13-9(10-3)12-7;6-4-5-2-1-3-5/h4H,1-3H3,(H,10,12);4-5H,1-3H2. The molecule has 0 radical (unpaired) electrons. The predicted molar refractivity (Wildman–Crippen MR) is 85.6 cm³/mol. The molecule has 2 aromatic heterocycles. The third-order valence-electron chi connectivity index (χ3n) is 3.20. The molecule has 20 heavy (non-hydrogen) atoms. The first kappa shape index (κ1) is 15.1. The number of hydrogen-bond donors (Lipinski definition) is 1. The molecule has 0 saturated heterocycles. The van der Waals surface area contributed by atoms with Crippen LogP contribution in [0.5, 0.6) is 0 Å². The Labute approximate surface area is 127 Å². The van der Waals surface area contributed by atoms with Crippen LogP contribution in [0.1, 0.15) is 30.0 Å². The molecule has 108 valence electrons. The van der Waals surface area contributed by atoms with E-state index in [0.29, 0.717) is 5.92 Å². The smallest absolute Gasteiger partial charge is 0.182 e. The Morgan fingerprint density at radius 3 is 2.45 bits per heavy atom. The second kappa shape index (κ2) is 6.95. The molecule has 3 rings (SSSR count). The molecule has 0 atom stereocenters. The monoisotopic (exact) mass is 309 g/mol. The summed E-state index contributed by atoms with van der Waals surface area (Å²) in [7, 11) is 1.88. The average molecular weight is 309 g/mol. The lowest BCUT2D eigenvalue weighted by Crippen LogP contribution is -2.10. The minimum absolute atomic E-state index is 0.435. The van der Waals surface area contributed by atoms with E-state index in [4.69, 9.17) is 0 Å². The van der Waals surface area contributed by atoms with E-state index in [2.05, 4.69) is 20.7 Å². The van der Waals surface area contributed by atoms with Crippen LogP contribution in [0.2, 0.25) is 0 Å². The van der Waals surface area contributed by atoms with Crippen LogP contribution in [0.15, 0.2) is 5.38 Å². The van der Waals surface area contributed by atoms with Gasteiger partial charge in [0.25, 0.3) is 0 Å². The van der Waals surface area contributed by atoms with Gasteiger partial charge >= 0.3 is 0 Å². The van der Waals surface area contributed by atoms with Gasteiger partial charge in [-0.3, -0.25) is 0 Å². The summed E-state index contributed by atoms with van der Waals surface area (Å²) in [6.45, 7) is 4.05. The van der Waals surface area contributed by atoms with E-state index in [9.17, 15) is 4.79 Å². The van der Waals surface area contributed by atoms with Gasteiger partial charge in [-0.05, 0) is 26.7 Å². The Morgan fingerprint density at radius 2 is 2.10 bits per heavy atom. The molecule has 6 heteroatoms. The van der Waals surface area contributed by atoms with E-state index in [-0.39, 0.29) is 0 Å². The fourth-order valence-corrected chi connectivity index (χ4v) is 3.46. The number of aromatic nitrogens is 2. The summed E-state index contributed by atoms with van der Waals surface area (Å²) in [5.41, 5.74) is 2.10. The van der Waals surface area contributed by atoms with Crippen molar-refractivity contribution in [3.63, 3.8) is 0 Å². The first-order chi connectivity index (χ1) is 9.63. The minimum Gasteiger partial charge on any atom is -0.365 e. The van der Waals surface area contributed by atoms with Crippen LogP contribution in [0.25, 0.3) is 10.6 Å². The van der Waals surface area contributed by atoms with Crippen molar-refractivity contribution < 1.29 is 4.79 Å². The maximum atomic E-state index is 9.79. The Bertz CT molecular complexity index is 573. The molecular weight excluding hydrogens is 290 g/mol. The highest BCUT2D eigenvalue weighted by atomic mass is 32.1. The van der Waals surface area contributed by atoms with Gasteiger partial charge < -0.3 is 10.1 Å². The molecule has 2 heterocycles. The fourth-order valence-electron chi connectivity index (χ4n) is 1.84. The quantitative estimate of drug-likeness (QED) is 0.873. The molecule has 0 unspecified atom stereocenters. The molecular formula is C14H19N3OS2. The summed E-state index contributed by atoms with van der Waals surface area (Å²) in [6.07, 6.45) is 4.61. The molecule has 0 aliphatic heterocycles. The van der Waals surface area contributed by atoms with Crippen molar-refractivity contribution in [1.29, 1.82) is 0 Å². The molecule has 0 amide bonds. The molecule has 2 aromatic rings. The third-order valence-corrected chi connectivity index (χ3v) is 5.15. The summed E-state index contributed by atoms with van der Waals surface area (Å²) in [5.74, 6) is 0.435. The summed E-state index contributed by atoms with van der Waals surface area (Å²) in [5, 5.41) is 7.14. The van der Waals surface area contributed by atoms with Gasteiger partial charge in [0.2, 0.25) is 0 Å². The molecule has 1 aliphatic carbocycles. The van der Waals surface area contributed by atoms with Crippen molar-refractivity contribution in [2.45, 2.75) is 33.1 Å². The van der Waals surface area contributed by atoms with Crippen LogP contribution in [-0.2, 0) is 4.79 Å². The van der Waals surface area contributed by atoms with Gasteiger partial charge in [0, 0.05) is 18.3 Å². The number of nitrogens with zero attached hydrogens (tertiary/aromatic N) is 2. The number of aryl methyl sites for hydroxylation is 2. The van der Waals surface area contributed by atoms with Crippen LogP contribution < -0.4 is 5.32 Å². The van der Waals surface area contributed by atoms with Gasteiger partial charge in [-0.2, -0.15) is 0 Å². The van der Waals surface area contributed by atoms with Crippen molar-refractivity contribution >= 4 is 34.1 Å². The first-order valence-corrected chi connectivity index (χ1v) is 8.36. The SMILES string of the molecule is CNc1nc(-c2sc(C)nc2C)cs1.O=CC1CCC1. The molecule has 1 fully saturated rings. The Balaban J connectivity index is 0.000000205. The largest absolute Gasteiger partial charge is 0.365 e. The van der Waals surface area contributed by atoms with E-state index < -0.39 is 0 Å². The number of thiazole rings is 2. The van der Waals surface area contributed by atoms with E-state index in [0.717, 1.165) is 40.7 Å². The van der Waals surface area contributed by atoms with Gasteiger partial charge in [0.15, 0.2) is 5.13 Å². The normalized spacial score (nSPS) is 14.2. The fraction of sp³-hybridized carbons (Fsp3) is 0.500. The predicted octanol–water partition coefficient (Wildman–Crippen LogP) is 3.91. The third kappa shape index (κ3) is 3.64. The average Bonchev–Trinajstić information content (AvgIpc) is 2.95. The van der Waals surface area contributed by atoms with Crippen molar-refractivity contribution in [1.82, 2.24) is 9.97 Å². The molecule has 0 aromatic carbocycles. The highest BCUT2D eigenvalue weighted by molar-refractivity contribution is 7.16. The Hall–Kier alpha value is -1.27. The lowest BCUT2D eigenvalue weighted by molar-refractivity contribution is -0.113. The summed E-state index contributed by atoms with van der Waals surface area (Å²) >= 11 is 3.32. The maximum absolute atomic E-state index is 9.79. The number of rotatable bonds is 3. The first-order valence-electron chi connectivity index (χ1n) is 6.67. The van der Waals surface area contributed by atoms with Crippen LogP contribution >= 0.6 is 22.7 Å². The highest BCUT2D eigenvalue weighted by Gasteiger charge is 2.14. The van der Waals surface area contributed by atoms with Crippen molar-refractivity contribution in [2.24, 2.45) is 5.92 Å². The molecule has 1 aliphatic rings. The summed E-state index contributed by atoms with van der Waals surface area (Å²) in [4.78, 5) is 19.8. The van der Waals surface area contributed by atoms with Crippen molar-refractivity contribution in [3.8, 4) is 10.6 Å². The highest BCUT2D eigenvalue weighted by Crippen LogP contribution is 2.31. The molecule has 1 saturated carbocycles. The van der Waals surface area contributed by atoms with E-state index in [1.807, 2.05) is 20.9 Å². The van der Waals surface area contributed by atoms with Crippen molar-refractivity contribution in [3.05, 3.63) is 16.1 Å². The zero-order valence-corrected chi connectivity index (χ0v) is 13.6. The van der Waals surface area contributed by atoms with Crippen LogP contribution in [0.3, 0.4) is 0 Å². The van der Waals surface area contributed by atoms with Gasteiger partial charge in [-0.1, -0.05) is 6.42 Å². The van der Waals surface area contributed by atoms with E-state index >= 15 is 0 Å². The van der Waals surface area contributed by atoms with E-state index in [1.54, 1.807) is 22.7 Å². The van der Waals surface area contributed by atoms with Crippen LogP contribution in [-0.4, -0.2) is 23.3 Å². The molecule has 4 nitrogen and oxygen atoms in total. The lowest BCUT2D eigenvalue weighted by Gasteiger charge is -2.17. The second-order valence-electron chi connectivity index (χ2n) is 4.76. The number of anilines is 1. The number of aldehydes is 1. The topological polar surface area (TPSA) is 54.9 Å². The zero-order valence-electron chi connectivity index (χ0n) is 12.0. The minimum atomic E-state index is 0.435. The number of hydrogen-bond acceptors (Lipinski definition) is 6. The molecule has 0 spiro atoms. The zero-order chi connectivity index (χ0) is 14.5. The number of carbonyl (C=O) groups excluding carboxylic acids is 1. The second-order valence-corrected chi connectivity index (χ2v) is 6.82.